The molecule has 0 spiro atoms. The molecule has 0 aliphatic carbocycles. The monoisotopic (exact) mass is 259 g/mol. The van der Waals surface area contributed by atoms with Crippen molar-refractivity contribution in [2.45, 2.75) is 46.5 Å². The highest BCUT2D eigenvalue weighted by molar-refractivity contribution is 5.69. The van der Waals surface area contributed by atoms with Crippen LogP contribution in [-0.4, -0.2) is 48.8 Å². The molecule has 0 bridgehead atoms. The quantitative estimate of drug-likeness (QED) is 0.547. The molecule has 0 amide bonds. The van der Waals surface area contributed by atoms with Crippen molar-refractivity contribution in [3.8, 4) is 0 Å². The normalized spacial score (nSPS) is 12.9. The van der Waals surface area contributed by atoms with Crippen LogP contribution in [0, 0.1) is 5.92 Å². The molecule has 18 heavy (non-hydrogen) atoms. The lowest BCUT2D eigenvalue weighted by molar-refractivity contribution is -0.141. The molecule has 0 fully saturated rings. The van der Waals surface area contributed by atoms with Crippen molar-refractivity contribution < 1.29 is 14.6 Å². The Morgan fingerprint density at radius 1 is 1.17 bits per heavy atom. The second-order valence-electron chi connectivity index (χ2n) is 4.86. The molecule has 0 rings (SSSR count). The topological polar surface area (TPSA) is 49.8 Å². The summed E-state index contributed by atoms with van der Waals surface area (Å²) in [5.74, 6) is -1.01. The fraction of sp³-hybridized carbons (Fsp3) is 0.929. The van der Waals surface area contributed by atoms with Gasteiger partial charge in [-0.1, -0.05) is 27.2 Å². The van der Waals surface area contributed by atoms with E-state index in [-0.39, 0.29) is 5.92 Å². The summed E-state index contributed by atoms with van der Waals surface area (Å²) in [4.78, 5) is 13.1. The van der Waals surface area contributed by atoms with Crippen LogP contribution in [0.3, 0.4) is 0 Å². The third kappa shape index (κ3) is 9.42. The van der Waals surface area contributed by atoms with Crippen LogP contribution in [0.25, 0.3) is 0 Å². The Morgan fingerprint density at radius 3 is 2.39 bits per heavy atom. The molecule has 1 N–H and O–H groups in total. The highest BCUT2D eigenvalue weighted by atomic mass is 16.5. The number of carbonyl (C=O) groups is 1. The molecule has 4 heteroatoms. The summed E-state index contributed by atoms with van der Waals surface area (Å²) >= 11 is 0. The van der Waals surface area contributed by atoms with Crippen LogP contribution in [0.2, 0.25) is 0 Å². The summed E-state index contributed by atoms with van der Waals surface area (Å²) in [7, 11) is 0. The lowest BCUT2D eigenvalue weighted by atomic mass is 10.1. The predicted molar refractivity (Wildman–Crippen MR) is 73.9 cm³/mol. The molecule has 4 nitrogen and oxygen atoms in total. The zero-order chi connectivity index (χ0) is 13.8. The lowest BCUT2D eigenvalue weighted by Crippen LogP contribution is -2.33. The van der Waals surface area contributed by atoms with Crippen LogP contribution in [-0.2, 0) is 9.53 Å². The average molecular weight is 259 g/mol. The zero-order valence-corrected chi connectivity index (χ0v) is 12.2. The van der Waals surface area contributed by atoms with Crippen molar-refractivity contribution in [3.63, 3.8) is 0 Å². The Labute approximate surface area is 111 Å². The maximum absolute atomic E-state index is 10.8. The third-order valence-electron chi connectivity index (χ3n) is 2.90. The molecule has 0 radical (unpaired) electrons. The Hall–Kier alpha value is -0.610. The second-order valence-corrected chi connectivity index (χ2v) is 4.86. The minimum atomic E-state index is -0.713. The largest absolute Gasteiger partial charge is 0.481 e. The van der Waals surface area contributed by atoms with Gasteiger partial charge in [-0.2, -0.15) is 0 Å². The van der Waals surface area contributed by atoms with E-state index in [0.717, 1.165) is 52.0 Å². The number of nitrogens with zero attached hydrogens (tertiary/aromatic N) is 1. The lowest BCUT2D eigenvalue weighted by Gasteiger charge is -2.23. The third-order valence-corrected chi connectivity index (χ3v) is 2.90. The van der Waals surface area contributed by atoms with Gasteiger partial charge in [-0.3, -0.25) is 4.79 Å². The Balaban J connectivity index is 3.72. The van der Waals surface area contributed by atoms with Crippen LogP contribution >= 0.6 is 0 Å². The summed E-state index contributed by atoms with van der Waals surface area (Å²) in [6, 6.07) is 0. The second kappa shape index (κ2) is 11.5. The van der Waals surface area contributed by atoms with Gasteiger partial charge in [0, 0.05) is 26.3 Å². The van der Waals surface area contributed by atoms with Crippen molar-refractivity contribution in [2.75, 3.05) is 32.8 Å². The van der Waals surface area contributed by atoms with E-state index < -0.39 is 5.97 Å². The molecule has 1 unspecified atom stereocenters. The van der Waals surface area contributed by atoms with Crippen LogP contribution in [0.5, 0.6) is 0 Å². The standard InChI is InChI=1S/C14H29NO3/c1-4-6-10-18-11-7-9-15(8-5-2)12-13(3)14(16)17/h13H,4-12H2,1-3H3,(H,16,17). The first-order valence-electron chi connectivity index (χ1n) is 7.14. The summed E-state index contributed by atoms with van der Waals surface area (Å²) in [6.07, 6.45) is 4.33. The van der Waals surface area contributed by atoms with Gasteiger partial charge < -0.3 is 14.7 Å². The van der Waals surface area contributed by atoms with Gasteiger partial charge in [-0.15, -0.1) is 0 Å². The maximum atomic E-state index is 10.8. The SMILES string of the molecule is CCCCOCCCN(CCC)CC(C)C(=O)O. The number of carboxylic acids is 1. The van der Waals surface area contributed by atoms with Crippen molar-refractivity contribution >= 4 is 5.97 Å². The first kappa shape index (κ1) is 17.4. The minimum Gasteiger partial charge on any atom is -0.481 e. The predicted octanol–water partition coefficient (Wildman–Crippen LogP) is 2.63. The summed E-state index contributed by atoms with van der Waals surface area (Å²) in [5.41, 5.74) is 0. The van der Waals surface area contributed by atoms with Gasteiger partial charge in [-0.05, 0) is 25.8 Å². The van der Waals surface area contributed by atoms with Crippen molar-refractivity contribution in [1.29, 1.82) is 0 Å². The first-order chi connectivity index (χ1) is 8.61. The zero-order valence-electron chi connectivity index (χ0n) is 12.2. The number of hydrogen-bond donors (Lipinski definition) is 1. The van der Waals surface area contributed by atoms with Gasteiger partial charge in [0.1, 0.15) is 0 Å². The fourth-order valence-electron chi connectivity index (χ4n) is 1.81. The van der Waals surface area contributed by atoms with Gasteiger partial charge in [0.05, 0.1) is 5.92 Å². The van der Waals surface area contributed by atoms with E-state index in [2.05, 4.69) is 18.7 Å². The molecule has 0 aromatic heterocycles. The minimum absolute atomic E-state index is 0.294. The molecule has 0 aliphatic rings. The van der Waals surface area contributed by atoms with E-state index in [9.17, 15) is 4.79 Å². The molecule has 0 aliphatic heterocycles. The van der Waals surface area contributed by atoms with Gasteiger partial charge >= 0.3 is 5.97 Å². The maximum Gasteiger partial charge on any atom is 0.307 e. The van der Waals surface area contributed by atoms with Gasteiger partial charge in [-0.25, -0.2) is 0 Å². The number of carboxylic acid groups (broad SMARTS) is 1. The van der Waals surface area contributed by atoms with Crippen molar-refractivity contribution in [1.82, 2.24) is 4.90 Å². The molecule has 108 valence electrons. The molecular weight excluding hydrogens is 230 g/mol. The number of ether oxygens (including phenoxy) is 1. The summed E-state index contributed by atoms with van der Waals surface area (Å²) < 4.78 is 5.51. The summed E-state index contributed by atoms with van der Waals surface area (Å²) in [5, 5.41) is 8.92. The van der Waals surface area contributed by atoms with Gasteiger partial charge in [0.15, 0.2) is 0 Å². The van der Waals surface area contributed by atoms with Gasteiger partial charge in [0.2, 0.25) is 0 Å². The molecule has 1 atom stereocenters. The van der Waals surface area contributed by atoms with Crippen LogP contribution < -0.4 is 0 Å². The fourth-order valence-corrected chi connectivity index (χ4v) is 1.81. The molecule has 0 heterocycles. The number of unbranched alkanes of at least 4 members (excludes halogenated alkanes) is 1. The van der Waals surface area contributed by atoms with E-state index in [1.807, 2.05) is 0 Å². The van der Waals surface area contributed by atoms with E-state index in [1.54, 1.807) is 6.92 Å². The Bertz CT molecular complexity index is 209. The van der Waals surface area contributed by atoms with Crippen molar-refractivity contribution in [2.24, 2.45) is 5.92 Å². The smallest absolute Gasteiger partial charge is 0.307 e. The van der Waals surface area contributed by atoms with E-state index in [0.29, 0.717) is 6.54 Å². The van der Waals surface area contributed by atoms with Crippen LogP contribution in [0.15, 0.2) is 0 Å². The average Bonchev–Trinajstić information content (AvgIpc) is 2.33. The Kier molecular flexibility index (Phi) is 11.1. The van der Waals surface area contributed by atoms with Crippen LogP contribution in [0.1, 0.15) is 46.5 Å². The van der Waals surface area contributed by atoms with Crippen LogP contribution in [0.4, 0.5) is 0 Å². The summed E-state index contributed by atoms with van der Waals surface area (Å²) in [6.45, 7) is 10.2. The number of aliphatic carboxylic acids is 1. The number of hydrogen-bond acceptors (Lipinski definition) is 3. The van der Waals surface area contributed by atoms with E-state index in [4.69, 9.17) is 9.84 Å². The highest BCUT2D eigenvalue weighted by Gasteiger charge is 2.15. The molecular formula is C14H29NO3. The molecule has 0 saturated carbocycles. The van der Waals surface area contributed by atoms with E-state index in [1.165, 1.54) is 0 Å². The van der Waals surface area contributed by atoms with Gasteiger partial charge in [0.25, 0.3) is 0 Å². The van der Waals surface area contributed by atoms with E-state index >= 15 is 0 Å². The highest BCUT2D eigenvalue weighted by Crippen LogP contribution is 2.03. The number of rotatable bonds is 12. The van der Waals surface area contributed by atoms with Crippen molar-refractivity contribution in [3.05, 3.63) is 0 Å². The first-order valence-corrected chi connectivity index (χ1v) is 7.14. The molecule has 0 saturated heterocycles. The molecule has 0 aromatic carbocycles. The Morgan fingerprint density at radius 2 is 1.83 bits per heavy atom. The molecule has 0 aromatic rings.